The summed E-state index contributed by atoms with van der Waals surface area (Å²) < 4.78 is 5.98. The summed E-state index contributed by atoms with van der Waals surface area (Å²) in [5.74, 6) is 0.991. The Morgan fingerprint density at radius 3 is 1.79 bits per heavy atom. The summed E-state index contributed by atoms with van der Waals surface area (Å²) in [4.78, 5) is 2.58. The standard InChI is InChI=1S/C22H39NO/c1-6-8-10-16-23(17-11-9-7-2)18-19-24-21-14-12-20(13-15-21)22(3,4)5/h12-15H,6-11,16-19H2,1-5H3. The average Bonchev–Trinajstić information content (AvgIpc) is 2.54. The van der Waals surface area contributed by atoms with Crippen molar-refractivity contribution in [1.82, 2.24) is 4.90 Å². The van der Waals surface area contributed by atoms with Crippen molar-refractivity contribution in [2.75, 3.05) is 26.2 Å². The minimum absolute atomic E-state index is 0.202. The van der Waals surface area contributed by atoms with E-state index >= 15 is 0 Å². The summed E-state index contributed by atoms with van der Waals surface area (Å²) in [5.41, 5.74) is 1.56. The highest BCUT2D eigenvalue weighted by molar-refractivity contribution is 5.31. The molecule has 2 heteroatoms. The van der Waals surface area contributed by atoms with Gasteiger partial charge in [0.2, 0.25) is 0 Å². The Labute approximate surface area is 150 Å². The average molecular weight is 334 g/mol. The molecule has 0 radical (unpaired) electrons. The van der Waals surface area contributed by atoms with Gasteiger partial charge < -0.3 is 4.74 Å². The highest BCUT2D eigenvalue weighted by Gasteiger charge is 2.13. The number of rotatable bonds is 12. The van der Waals surface area contributed by atoms with Crippen molar-refractivity contribution in [1.29, 1.82) is 0 Å². The highest BCUT2D eigenvalue weighted by Crippen LogP contribution is 2.24. The third-order valence-corrected chi connectivity index (χ3v) is 4.55. The molecule has 2 nitrogen and oxygen atoms in total. The third-order valence-electron chi connectivity index (χ3n) is 4.55. The summed E-state index contributed by atoms with van der Waals surface area (Å²) >= 11 is 0. The molecule has 1 aromatic rings. The van der Waals surface area contributed by atoms with E-state index in [-0.39, 0.29) is 5.41 Å². The first-order chi connectivity index (χ1) is 11.5. The lowest BCUT2D eigenvalue weighted by atomic mass is 9.87. The Balaban J connectivity index is 2.39. The Morgan fingerprint density at radius 2 is 1.33 bits per heavy atom. The van der Waals surface area contributed by atoms with E-state index in [2.05, 4.69) is 63.8 Å². The Kier molecular flexibility index (Phi) is 10.1. The number of nitrogens with zero attached hydrogens (tertiary/aromatic N) is 1. The molecule has 0 aliphatic heterocycles. The van der Waals surface area contributed by atoms with Gasteiger partial charge >= 0.3 is 0 Å². The molecule has 0 saturated heterocycles. The van der Waals surface area contributed by atoms with Crippen LogP contribution in [0.1, 0.15) is 78.7 Å². The molecule has 0 N–H and O–H groups in total. The van der Waals surface area contributed by atoms with E-state index in [0.29, 0.717) is 0 Å². The number of unbranched alkanes of at least 4 members (excludes halogenated alkanes) is 4. The molecule has 0 spiro atoms. The number of hydrogen-bond acceptors (Lipinski definition) is 2. The van der Waals surface area contributed by atoms with Gasteiger partial charge in [-0.25, -0.2) is 0 Å². The van der Waals surface area contributed by atoms with E-state index < -0.39 is 0 Å². The predicted octanol–water partition coefficient (Wildman–Crippen LogP) is 6.05. The normalized spacial score (nSPS) is 11.9. The van der Waals surface area contributed by atoms with E-state index in [4.69, 9.17) is 4.74 Å². The molecule has 0 amide bonds. The summed E-state index contributed by atoms with van der Waals surface area (Å²) in [6.07, 6.45) is 7.86. The van der Waals surface area contributed by atoms with E-state index in [1.165, 1.54) is 57.2 Å². The molecule has 0 aliphatic rings. The van der Waals surface area contributed by atoms with Crippen LogP contribution in [0.15, 0.2) is 24.3 Å². The zero-order valence-corrected chi connectivity index (χ0v) is 16.7. The van der Waals surface area contributed by atoms with Gasteiger partial charge in [0.1, 0.15) is 12.4 Å². The zero-order valence-electron chi connectivity index (χ0n) is 16.7. The van der Waals surface area contributed by atoms with Crippen LogP contribution in [0.4, 0.5) is 0 Å². The maximum absolute atomic E-state index is 5.98. The van der Waals surface area contributed by atoms with Crippen LogP contribution in [0, 0.1) is 0 Å². The van der Waals surface area contributed by atoms with Crippen molar-refractivity contribution >= 4 is 0 Å². The molecule has 1 rings (SSSR count). The maximum atomic E-state index is 5.98. The minimum atomic E-state index is 0.202. The Morgan fingerprint density at radius 1 is 0.792 bits per heavy atom. The second kappa shape index (κ2) is 11.5. The predicted molar refractivity (Wildman–Crippen MR) is 106 cm³/mol. The minimum Gasteiger partial charge on any atom is -0.492 e. The van der Waals surface area contributed by atoms with Crippen LogP contribution in [0.2, 0.25) is 0 Å². The van der Waals surface area contributed by atoms with Crippen molar-refractivity contribution < 1.29 is 4.74 Å². The number of ether oxygens (including phenoxy) is 1. The molecule has 0 aromatic heterocycles. The molecule has 0 fully saturated rings. The summed E-state index contributed by atoms with van der Waals surface area (Å²) in [7, 11) is 0. The van der Waals surface area contributed by atoms with Gasteiger partial charge in [-0.05, 0) is 49.0 Å². The molecule has 0 bridgehead atoms. The smallest absolute Gasteiger partial charge is 0.119 e. The summed E-state index contributed by atoms with van der Waals surface area (Å²) in [6, 6.07) is 8.60. The molecule has 0 saturated carbocycles. The summed E-state index contributed by atoms with van der Waals surface area (Å²) in [5, 5.41) is 0. The third kappa shape index (κ3) is 8.73. The van der Waals surface area contributed by atoms with Crippen LogP contribution in [-0.4, -0.2) is 31.1 Å². The first-order valence-corrected chi connectivity index (χ1v) is 9.93. The largest absolute Gasteiger partial charge is 0.492 e. The SMILES string of the molecule is CCCCCN(CCCCC)CCOc1ccc(C(C)(C)C)cc1. The second-order valence-corrected chi connectivity index (χ2v) is 7.88. The molecule has 24 heavy (non-hydrogen) atoms. The molecule has 0 atom stereocenters. The summed E-state index contributed by atoms with van der Waals surface area (Å²) in [6.45, 7) is 15.5. The number of hydrogen-bond donors (Lipinski definition) is 0. The van der Waals surface area contributed by atoms with Gasteiger partial charge in [-0.15, -0.1) is 0 Å². The second-order valence-electron chi connectivity index (χ2n) is 7.88. The van der Waals surface area contributed by atoms with Crippen molar-refractivity contribution in [3.05, 3.63) is 29.8 Å². The molecular formula is C22H39NO. The molecule has 0 unspecified atom stereocenters. The Hall–Kier alpha value is -1.02. The topological polar surface area (TPSA) is 12.5 Å². The van der Waals surface area contributed by atoms with Crippen molar-refractivity contribution in [2.45, 2.75) is 78.6 Å². The maximum Gasteiger partial charge on any atom is 0.119 e. The van der Waals surface area contributed by atoms with Gasteiger partial charge in [-0.3, -0.25) is 4.90 Å². The van der Waals surface area contributed by atoms with Gasteiger partial charge in [0.15, 0.2) is 0 Å². The lowest BCUT2D eigenvalue weighted by molar-refractivity contribution is 0.203. The van der Waals surface area contributed by atoms with E-state index in [9.17, 15) is 0 Å². The fourth-order valence-electron chi connectivity index (χ4n) is 2.85. The van der Waals surface area contributed by atoms with Crippen LogP contribution in [0.3, 0.4) is 0 Å². The van der Waals surface area contributed by atoms with Gasteiger partial charge in [-0.1, -0.05) is 72.4 Å². The van der Waals surface area contributed by atoms with Crippen molar-refractivity contribution in [3.8, 4) is 5.75 Å². The fraction of sp³-hybridized carbons (Fsp3) is 0.727. The van der Waals surface area contributed by atoms with Crippen LogP contribution >= 0.6 is 0 Å². The quantitative estimate of drug-likeness (QED) is 0.432. The van der Waals surface area contributed by atoms with E-state index in [1.807, 2.05) is 0 Å². The lowest BCUT2D eigenvalue weighted by Crippen LogP contribution is -2.30. The van der Waals surface area contributed by atoms with E-state index in [0.717, 1.165) is 18.9 Å². The highest BCUT2D eigenvalue weighted by atomic mass is 16.5. The van der Waals surface area contributed by atoms with Crippen molar-refractivity contribution in [3.63, 3.8) is 0 Å². The van der Waals surface area contributed by atoms with Crippen LogP contribution < -0.4 is 4.74 Å². The van der Waals surface area contributed by atoms with Gasteiger partial charge in [0.25, 0.3) is 0 Å². The van der Waals surface area contributed by atoms with Crippen molar-refractivity contribution in [2.24, 2.45) is 0 Å². The fourth-order valence-corrected chi connectivity index (χ4v) is 2.85. The first-order valence-electron chi connectivity index (χ1n) is 9.93. The number of benzene rings is 1. The van der Waals surface area contributed by atoms with E-state index in [1.54, 1.807) is 0 Å². The van der Waals surface area contributed by atoms with Gasteiger partial charge in [0, 0.05) is 6.54 Å². The lowest BCUT2D eigenvalue weighted by Gasteiger charge is -2.22. The molecular weight excluding hydrogens is 294 g/mol. The molecule has 138 valence electrons. The molecule has 0 aliphatic carbocycles. The molecule has 1 aromatic carbocycles. The monoisotopic (exact) mass is 333 g/mol. The Bertz CT molecular complexity index is 409. The first kappa shape index (κ1) is 21.0. The molecule has 0 heterocycles. The zero-order chi connectivity index (χ0) is 17.8. The van der Waals surface area contributed by atoms with Crippen LogP contribution in [0.25, 0.3) is 0 Å². The van der Waals surface area contributed by atoms with Crippen LogP contribution in [0.5, 0.6) is 5.75 Å². The van der Waals surface area contributed by atoms with Gasteiger partial charge in [0.05, 0.1) is 0 Å². The van der Waals surface area contributed by atoms with Crippen LogP contribution in [-0.2, 0) is 5.41 Å². The van der Waals surface area contributed by atoms with Gasteiger partial charge in [-0.2, -0.15) is 0 Å².